The van der Waals surface area contributed by atoms with Gasteiger partial charge in [0.05, 0.1) is 12.7 Å². The van der Waals surface area contributed by atoms with E-state index in [0.29, 0.717) is 6.61 Å². The summed E-state index contributed by atoms with van der Waals surface area (Å²) in [5.74, 6) is -0.314. The van der Waals surface area contributed by atoms with Crippen LogP contribution in [-0.4, -0.2) is 12.5 Å². The lowest BCUT2D eigenvalue weighted by atomic mass is 10.5. The molecule has 0 bridgehead atoms. The lowest BCUT2D eigenvalue weighted by Gasteiger charge is -2.02. The summed E-state index contributed by atoms with van der Waals surface area (Å²) in [7, 11) is 0. The lowest BCUT2D eigenvalue weighted by molar-refractivity contribution is -0.129. The standard InChI is InChI=1S/C4H4NO2/c6-4-2-1-3-7-5-4/h1H,3H2,(H,5,6). The number of hydroxylamine groups is 1. The van der Waals surface area contributed by atoms with E-state index in [1.807, 2.05) is 0 Å². The number of rotatable bonds is 0. The number of carbonyl (C=O) groups excluding carboxylic acids is 1. The molecule has 7 heavy (non-hydrogen) atoms. The summed E-state index contributed by atoms with van der Waals surface area (Å²) in [6, 6.07) is 0. The van der Waals surface area contributed by atoms with Gasteiger partial charge in [0.15, 0.2) is 0 Å². The van der Waals surface area contributed by atoms with E-state index in [4.69, 9.17) is 0 Å². The molecule has 1 rings (SSSR count). The van der Waals surface area contributed by atoms with Crippen LogP contribution in [0.1, 0.15) is 0 Å². The second-order valence-corrected chi connectivity index (χ2v) is 1.09. The van der Waals surface area contributed by atoms with Crippen molar-refractivity contribution >= 4 is 5.91 Å². The van der Waals surface area contributed by atoms with Gasteiger partial charge < -0.3 is 0 Å². The molecule has 0 aromatic heterocycles. The van der Waals surface area contributed by atoms with Crippen molar-refractivity contribution in [1.29, 1.82) is 0 Å². The zero-order valence-electron chi connectivity index (χ0n) is 3.60. The summed E-state index contributed by atoms with van der Waals surface area (Å²) in [6.45, 7) is 0.422. The lowest BCUT2D eigenvalue weighted by Crippen LogP contribution is -2.25. The third-order valence-electron chi connectivity index (χ3n) is 0.565. The van der Waals surface area contributed by atoms with Crippen LogP contribution in [0.25, 0.3) is 0 Å². The fourth-order valence-corrected chi connectivity index (χ4v) is 0.313. The van der Waals surface area contributed by atoms with E-state index in [2.05, 4.69) is 16.4 Å². The molecule has 0 aliphatic carbocycles. The Balaban J connectivity index is 2.51. The normalized spacial score (nSPS) is 19.1. The highest BCUT2D eigenvalue weighted by Gasteiger charge is 1.97. The quantitative estimate of drug-likeness (QED) is 0.439. The van der Waals surface area contributed by atoms with Gasteiger partial charge in [-0.25, -0.2) is 5.48 Å². The molecule has 37 valence electrons. The maximum atomic E-state index is 10.1. The fraction of sp³-hybridized carbons (Fsp3) is 0.250. The zero-order chi connectivity index (χ0) is 5.11. The van der Waals surface area contributed by atoms with Crippen molar-refractivity contribution in [2.45, 2.75) is 0 Å². The zero-order valence-corrected chi connectivity index (χ0v) is 3.60. The van der Waals surface area contributed by atoms with Crippen molar-refractivity contribution in [3.8, 4) is 0 Å². The molecule has 1 aliphatic rings. The molecule has 0 spiro atoms. The minimum Gasteiger partial charge on any atom is -0.269 e. The molecule has 1 aliphatic heterocycles. The van der Waals surface area contributed by atoms with Crippen molar-refractivity contribution in [2.75, 3.05) is 6.61 Å². The maximum Gasteiger partial charge on any atom is 0.275 e. The van der Waals surface area contributed by atoms with E-state index in [1.165, 1.54) is 6.08 Å². The summed E-state index contributed by atoms with van der Waals surface area (Å²) in [4.78, 5) is 14.5. The van der Waals surface area contributed by atoms with Gasteiger partial charge >= 0.3 is 0 Å². The minimum absolute atomic E-state index is 0.314. The molecule has 0 aromatic carbocycles. The van der Waals surface area contributed by atoms with Crippen molar-refractivity contribution in [1.82, 2.24) is 5.48 Å². The first-order chi connectivity index (χ1) is 3.39. The first-order valence-corrected chi connectivity index (χ1v) is 1.89. The summed E-state index contributed by atoms with van der Waals surface area (Å²) in [5.41, 5.74) is 2.10. The Morgan fingerprint density at radius 1 is 2.00 bits per heavy atom. The van der Waals surface area contributed by atoms with Crippen molar-refractivity contribution in [3.05, 3.63) is 12.2 Å². The van der Waals surface area contributed by atoms with Crippen LogP contribution >= 0.6 is 0 Å². The number of hydrogen-bond donors (Lipinski definition) is 1. The van der Waals surface area contributed by atoms with Crippen molar-refractivity contribution < 1.29 is 9.63 Å². The molecule has 1 N–H and O–H groups in total. The van der Waals surface area contributed by atoms with Crippen LogP contribution in [0.15, 0.2) is 6.08 Å². The molecule has 0 fully saturated rings. The Bertz CT molecular complexity index is 108. The van der Waals surface area contributed by atoms with Crippen LogP contribution in [0.5, 0.6) is 0 Å². The van der Waals surface area contributed by atoms with Gasteiger partial charge in [-0.2, -0.15) is 0 Å². The van der Waals surface area contributed by atoms with E-state index in [-0.39, 0.29) is 5.91 Å². The number of hydrogen-bond acceptors (Lipinski definition) is 2. The third-order valence-corrected chi connectivity index (χ3v) is 0.565. The number of nitrogens with one attached hydrogen (secondary N) is 1. The van der Waals surface area contributed by atoms with E-state index >= 15 is 0 Å². The molecule has 3 nitrogen and oxygen atoms in total. The van der Waals surface area contributed by atoms with Gasteiger partial charge in [-0.3, -0.25) is 9.63 Å². The second-order valence-electron chi connectivity index (χ2n) is 1.09. The van der Waals surface area contributed by atoms with E-state index < -0.39 is 0 Å². The second kappa shape index (κ2) is 1.75. The van der Waals surface area contributed by atoms with Crippen LogP contribution in [0.2, 0.25) is 0 Å². The average Bonchev–Trinajstić information content (AvgIpc) is 1.69. The molecule has 1 radical (unpaired) electrons. The molecule has 0 saturated carbocycles. The predicted molar refractivity (Wildman–Crippen MR) is 21.9 cm³/mol. The van der Waals surface area contributed by atoms with Crippen molar-refractivity contribution in [2.24, 2.45) is 0 Å². The molecule has 1 amide bonds. The van der Waals surface area contributed by atoms with Crippen molar-refractivity contribution in [3.63, 3.8) is 0 Å². The van der Waals surface area contributed by atoms with Gasteiger partial charge in [0.25, 0.3) is 5.91 Å². The first-order valence-electron chi connectivity index (χ1n) is 1.89. The molecule has 0 aromatic rings. The highest BCUT2D eigenvalue weighted by atomic mass is 16.7. The highest BCUT2D eigenvalue weighted by Crippen LogP contribution is 1.80. The predicted octanol–water partition coefficient (Wildman–Crippen LogP) is -0.593. The Morgan fingerprint density at radius 2 is 2.86 bits per heavy atom. The van der Waals surface area contributed by atoms with Crippen LogP contribution in [0.4, 0.5) is 0 Å². The minimum atomic E-state index is -0.314. The molecule has 0 atom stereocenters. The summed E-state index contributed by atoms with van der Waals surface area (Å²) >= 11 is 0. The van der Waals surface area contributed by atoms with Crippen LogP contribution in [0, 0.1) is 6.08 Å². The van der Waals surface area contributed by atoms with Gasteiger partial charge in [-0.15, -0.1) is 0 Å². The number of carbonyl (C=O) groups is 1. The molecular formula is C4H4NO2. The van der Waals surface area contributed by atoms with E-state index in [9.17, 15) is 4.79 Å². The molecule has 0 saturated heterocycles. The van der Waals surface area contributed by atoms with Gasteiger partial charge in [-0.1, -0.05) is 0 Å². The topological polar surface area (TPSA) is 38.3 Å². The molecular weight excluding hydrogens is 94.0 g/mol. The fourth-order valence-electron chi connectivity index (χ4n) is 0.313. The third kappa shape index (κ3) is 1.01. The largest absolute Gasteiger partial charge is 0.275 e. The van der Waals surface area contributed by atoms with E-state index in [0.717, 1.165) is 0 Å². The van der Waals surface area contributed by atoms with Crippen LogP contribution < -0.4 is 5.48 Å². The summed E-state index contributed by atoms with van der Waals surface area (Å²) < 4.78 is 0. The number of amides is 1. The van der Waals surface area contributed by atoms with Crippen LogP contribution in [0.3, 0.4) is 0 Å². The Kier molecular flexibility index (Phi) is 1.08. The summed E-state index contributed by atoms with van der Waals surface area (Å²) in [6.07, 6.45) is 3.91. The maximum absolute atomic E-state index is 10.1. The Hall–Kier alpha value is -0.830. The Morgan fingerprint density at radius 3 is 3.14 bits per heavy atom. The van der Waals surface area contributed by atoms with E-state index in [1.54, 1.807) is 0 Å². The first kappa shape index (κ1) is 4.33. The van der Waals surface area contributed by atoms with Crippen LogP contribution in [-0.2, 0) is 9.63 Å². The van der Waals surface area contributed by atoms with Gasteiger partial charge in [0.2, 0.25) is 0 Å². The van der Waals surface area contributed by atoms with Gasteiger partial charge in [0.1, 0.15) is 0 Å². The monoisotopic (exact) mass is 98.0 g/mol. The summed E-state index contributed by atoms with van der Waals surface area (Å²) in [5, 5.41) is 0. The molecule has 3 heteroatoms. The average molecular weight is 98.1 g/mol. The Labute approximate surface area is 40.9 Å². The SMILES string of the molecule is O=C1[C]=CCON1. The molecule has 1 heterocycles. The van der Waals surface area contributed by atoms with Gasteiger partial charge in [-0.05, 0) is 6.08 Å². The smallest absolute Gasteiger partial charge is 0.269 e. The van der Waals surface area contributed by atoms with Gasteiger partial charge in [0, 0.05) is 0 Å². The highest BCUT2D eigenvalue weighted by molar-refractivity contribution is 5.82. The molecule has 0 unspecified atom stereocenters.